The molecule has 0 bridgehead atoms. The minimum Gasteiger partial charge on any atom is -0.492 e. The van der Waals surface area contributed by atoms with Crippen molar-refractivity contribution in [3.63, 3.8) is 0 Å². The van der Waals surface area contributed by atoms with Crippen LogP contribution in [0, 0.1) is 6.92 Å². The van der Waals surface area contributed by atoms with Crippen molar-refractivity contribution in [2.45, 2.75) is 35.8 Å². The lowest BCUT2D eigenvalue weighted by Crippen LogP contribution is -2.24. The lowest BCUT2D eigenvalue weighted by atomic mass is 10.2. The first kappa shape index (κ1) is 22.3. The van der Waals surface area contributed by atoms with Crippen LogP contribution < -0.4 is 10.1 Å². The topological polar surface area (TPSA) is 75.7 Å². The van der Waals surface area contributed by atoms with E-state index in [4.69, 9.17) is 4.74 Å². The largest absolute Gasteiger partial charge is 0.492 e. The van der Waals surface area contributed by atoms with Crippen LogP contribution in [0.3, 0.4) is 0 Å². The lowest BCUT2D eigenvalue weighted by Gasteiger charge is -2.17. The summed E-state index contributed by atoms with van der Waals surface area (Å²) in [6.45, 7) is 5.94. The van der Waals surface area contributed by atoms with Gasteiger partial charge in [0.1, 0.15) is 10.6 Å². The molecule has 2 aromatic rings. The fourth-order valence-corrected chi connectivity index (χ4v) is 4.30. The van der Waals surface area contributed by atoms with E-state index in [0.29, 0.717) is 12.3 Å². The third kappa shape index (κ3) is 5.50. The third-order valence-corrected chi connectivity index (χ3v) is 6.92. The Morgan fingerprint density at radius 2 is 1.82 bits per heavy atom. The number of sulfonamides is 1. The number of rotatable bonds is 8. The van der Waals surface area contributed by atoms with E-state index in [2.05, 4.69) is 5.32 Å². The maximum absolute atomic E-state index is 12.6. The van der Waals surface area contributed by atoms with Gasteiger partial charge in [0.2, 0.25) is 15.9 Å². The zero-order chi connectivity index (χ0) is 20.9. The molecule has 0 radical (unpaired) electrons. The van der Waals surface area contributed by atoms with E-state index in [1.807, 2.05) is 38.1 Å². The smallest absolute Gasteiger partial charge is 0.246 e. The van der Waals surface area contributed by atoms with Crippen LogP contribution in [0.25, 0.3) is 0 Å². The number of nitrogens with zero attached hydrogens (tertiary/aromatic N) is 1. The van der Waals surface area contributed by atoms with Crippen molar-refractivity contribution in [1.82, 2.24) is 4.31 Å². The summed E-state index contributed by atoms with van der Waals surface area (Å²) in [6, 6.07) is 12.6. The Morgan fingerprint density at radius 1 is 1.18 bits per heavy atom. The van der Waals surface area contributed by atoms with Crippen molar-refractivity contribution in [3.8, 4) is 5.75 Å². The Hall–Kier alpha value is -2.03. The molecule has 1 N–H and O–H groups in total. The van der Waals surface area contributed by atoms with Crippen LogP contribution in [0.1, 0.15) is 19.4 Å². The molecule has 0 saturated heterocycles. The average molecular weight is 423 g/mol. The number of hydrogen-bond acceptors (Lipinski definition) is 5. The van der Waals surface area contributed by atoms with Crippen LogP contribution in [-0.4, -0.2) is 44.6 Å². The van der Waals surface area contributed by atoms with E-state index in [1.165, 1.54) is 31.9 Å². The molecule has 2 rings (SSSR count). The van der Waals surface area contributed by atoms with Crippen LogP contribution >= 0.6 is 11.8 Å². The average Bonchev–Trinajstić information content (AvgIpc) is 2.64. The van der Waals surface area contributed by atoms with Crippen LogP contribution in [0.4, 0.5) is 5.69 Å². The summed E-state index contributed by atoms with van der Waals surface area (Å²) < 4.78 is 31.8. The van der Waals surface area contributed by atoms with Crippen molar-refractivity contribution in [2.75, 3.05) is 26.0 Å². The highest BCUT2D eigenvalue weighted by Crippen LogP contribution is 2.30. The first-order valence-electron chi connectivity index (χ1n) is 8.88. The first-order chi connectivity index (χ1) is 13.1. The Labute approximate surface area is 171 Å². The molecule has 0 aliphatic heterocycles. The standard InChI is InChI=1S/C20H26N2O4S2/c1-6-26-18-12-9-16(13-19(18)28(24,25)22(4)5)21-20(23)15(3)27-17-10-7-14(2)8-11-17/h7-13,15H,6H2,1-5H3,(H,21,23)/t15-/m1/s1. The number of amides is 1. The molecular formula is C20H26N2O4S2. The molecule has 1 atom stereocenters. The maximum atomic E-state index is 12.6. The highest BCUT2D eigenvalue weighted by atomic mass is 32.2. The molecule has 1 amide bonds. The Kier molecular flexibility index (Phi) is 7.51. The molecule has 0 spiro atoms. The van der Waals surface area contributed by atoms with Crippen molar-refractivity contribution in [3.05, 3.63) is 48.0 Å². The Morgan fingerprint density at radius 3 is 2.39 bits per heavy atom. The highest BCUT2D eigenvalue weighted by molar-refractivity contribution is 8.00. The van der Waals surface area contributed by atoms with Crippen molar-refractivity contribution in [1.29, 1.82) is 0 Å². The molecule has 0 unspecified atom stereocenters. The molecule has 0 aliphatic rings. The quantitative estimate of drug-likeness (QED) is 0.656. The SMILES string of the molecule is CCOc1ccc(NC(=O)[C@@H](C)Sc2ccc(C)cc2)cc1S(=O)(=O)N(C)C. The maximum Gasteiger partial charge on any atom is 0.246 e. The van der Waals surface area contributed by atoms with E-state index in [1.54, 1.807) is 19.1 Å². The molecule has 152 valence electrons. The number of anilines is 1. The number of aryl methyl sites for hydroxylation is 1. The minimum atomic E-state index is -3.71. The number of carbonyl (C=O) groups excluding carboxylic acids is 1. The second kappa shape index (κ2) is 9.45. The molecule has 6 nitrogen and oxygen atoms in total. The van der Waals surface area contributed by atoms with Crippen LogP contribution in [0.15, 0.2) is 52.3 Å². The monoisotopic (exact) mass is 422 g/mol. The number of carbonyl (C=O) groups is 1. The van der Waals surface area contributed by atoms with Crippen LogP contribution in [0.2, 0.25) is 0 Å². The van der Waals surface area contributed by atoms with Gasteiger partial charge in [-0.05, 0) is 51.1 Å². The van der Waals surface area contributed by atoms with Crippen molar-refractivity contribution >= 4 is 33.4 Å². The number of thioether (sulfide) groups is 1. The van der Waals surface area contributed by atoms with Crippen LogP contribution in [-0.2, 0) is 14.8 Å². The van der Waals surface area contributed by atoms with Gasteiger partial charge in [0, 0.05) is 24.7 Å². The normalized spacial score (nSPS) is 12.6. The highest BCUT2D eigenvalue weighted by Gasteiger charge is 2.24. The lowest BCUT2D eigenvalue weighted by molar-refractivity contribution is -0.115. The molecule has 0 fully saturated rings. The second-order valence-electron chi connectivity index (χ2n) is 6.44. The summed E-state index contributed by atoms with van der Waals surface area (Å²) >= 11 is 1.44. The van der Waals surface area contributed by atoms with E-state index in [0.717, 1.165) is 14.8 Å². The minimum absolute atomic E-state index is 0.0241. The molecule has 0 aromatic heterocycles. The number of hydrogen-bond donors (Lipinski definition) is 1. The fourth-order valence-electron chi connectivity index (χ4n) is 2.38. The van der Waals surface area contributed by atoms with Gasteiger partial charge < -0.3 is 10.1 Å². The summed E-state index contributed by atoms with van der Waals surface area (Å²) in [6.07, 6.45) is 0. The van der Waals surface area contributed by atoms with E-state index in [-0.39, 0.29) is 21.8 Å². The van der Waals surface area contributed by atoms with Gasteiger partial charge >= 0.3 is 0 Å². The molecule has 28 heavy (non-hydrogen) atoms. The van der Waals surface area contributed by atoms with Gasteiger partial charge in [0.05, 0.1) is 11.9 Å². The fraction of sp³-hybridized carbons (Fsp3) is 0.350. The molecule has 0 aliphatic carbocycles. The number of ether oxygens (including phenoxy) is 1. The number of benzene rings is 2. The molecule has 0 heterocycles. The predicted molar refractivity (Wildman–Crippen MR) is 114 cm³/mol. The molecule has 0 saturated carbocycles. The van der Waals surface area contributed by atoms with Crippen molar-refractivity contribution in [2.24, 2.45) is 0 Å². The molecular weight excluding hydrogens is 396 g/mol. The van der Waals surface area contributed by atoms with Crippen LogP contribution in [0.5, 0.6) is 5.75 Å². The van der Waals surface area contributed by atoms with Gasteiger partial charge in [0.15, 0.2) is 0 Å². The third-order valence-electron chi connectivity index (χ3n) is 3.97. The van der Waals surface area contributed by atoms with E-state index >= 15 is 0 Å². The van der Waals surface area contributed by atoms with Gasteiger partial charge in [0.25, 0.3) is 0 Å². The zero-order valence-electron chi connectivity index (χ0n) is 16.7. The Bertz CT molecular complexity index is 926. The van der Waals surface area contributed by atoms with Gasteiger partial charge in [-0.15, -0.1) is 11.8 Å². The summed E-state index contributed by atoms with van der Waals surface area (Å²) in [7, 11) is -0.799. The predicted octanol–water partition coefficient (Wildman–Crippen LogP) is 3.76. The van der Waals surface area contributed by atoms with E-state index in [9.17, 15) is 13.2 Å². The van der Waals surface area contributed by atoms with Crippen molar-refractivity contribution < 1.29 is 17.9 Å². The zero-order valence-corrected chi connectivity index (χ0v) is 18.4. The summed E-state index contributed by atoms with van der Waals surface area (Å²) in [4.78, 5) is 13.6. The summed E-state index contributed by atoms with van der Waals surface area (Å²) in [5, 5.41) is 2.45. The summed E-state index contributed by atoms with van der Waals surface area (Å²) in [5.74, 6) is 0.0548. The molecule has 8 heteroatoms. The van der Waals surface area contributed by atoms with Gasteiger partial charge in [-0.1, -0.05) is 17.7 Å². The van der Waals surface area contributed by atoms with Gasteiger partial charge in [-0.2, -0.15) is 0 Å². The number of nitrogens with one attached hydrogen (secondary N) is 1. The van der Waals surface area contributed by atoms with E-state index < -0.39 is 10.0 Å². The van der Waals surface area contributed by atoms with Gasteiger partial charge in [-0.3, -0.25) is 4.79 Å². The second-order valence-corrected chi connectivity index (χ2v) is 9.98. The Balaban J connectivity index is 2.20. The van der Waals surface area contributed by atoms with Gasteiger partial charge in [-0.25, -0.2) is 12.7 Å². The first-order valence-corrected chi connectivity index (χ1v) is 11.2. The summed E-state index contributed by atoms with van der Waals surface area (Å²) in [5.41, 5.74) is 1.57. The molecule has 2 aromatic carbocycles.